The Balaban J connectivity index is 1.77. The summed E-state index contributed by atoms with van der Waals surface area (Å²) in [5, 5.41) is 3.24. The number of carbonyl (C=O) groups excluding carboxylic acids is 1. The molecule has 1 amide bonds. The number of carbonyl (C=O) groups is 1. The van der Waals surface area contributed by atoms with E-state index >= 15 is 0 Å². The molecule has 0 spiro atoms. The van der Waals surface area contributed by atoms with Gasteiger partial charge in [-0.05, 0) is 49.9 Å². The molecule has 0 radical (unpaired) electrons. The fraction of sp³-hybridized carbons (Fsp3) is 0.571. The molecule has 0 saturated heterocycles. The van der Waals surface area contributed by atoms with Crippen LogP contribution in [0.3, 0.4) is 0 Å². The van der Waals surface area contributed by atoms with Crippen LogP contribution in [-0.2, 0) is 11.3 Å². The summed E-state index contributed by atoms with van der Waals surface area (Å²) in [5.74, 6) is 0.989. The highest BCUT2D eigenvalue weighted by Crippen LogP contribution is 2.27. The van der Waals surface area contributed by atoms with Gasteiger partial charge in [0.15, 0.2) is 0 Å². The molecule has 0 unspecified atom stereocenters. The van der Waals surface area contributed by atoms with Crippen molar-refractivity contribution in [2.45, 2.75) is 26.3 Å². The average Bonchev–Trinajstić information content (AvgIpc) is 3.21. The average molecular weight is 247 g/mol. The first-order valence-corrected chi connectivity index (χ1v) is 6.67. The van der Waals surface area contributed by atoms with Crippen molar-refractivity contribution in [2.75, 3.05) is 19.6 Å². The van der Waals surface area contributed by atoms with Gasteiger partial charge < -0.3 is 10.2 Å². The van der Waals surface area contributed by atoms with E-state index in [2.05, 4.69) is 10.3 Å². The van der Waals surface area contributed by atoms with E-state index in [0.29, 0.717) is 13.1 Å². The zero-order valence-electron chi connectivity index (χ0n) is 10.9. The Kier molecular flexibility index (Phi) is 4.70. The molecule has 1 aliphatic carbocycles. The van der Waals surface area contributed by atoms with E-state index in [-0.39, 0.29) is 5.91 Å². The topological polar surface area (TPSA) is 45.2 Å². The first-order chi connectivity index (χ1) is 8.79. The normalized spacial score (nSPS) is 14.5. The number of nitrogens with one attached hydrogen (secondary N) is 1. The van der Waals surface area contributed by atoms with E-state index in [0.717, 1.165) is 24.6 Å². The number of rotatable bonds is 7. The maximum absolute atomic E-state index is 12.0. The highest BCUT2D eigenvalue weighted by atomic mass is 16.2. The highest BCUT2D eigenvalue weighted by Gasteiger charge is 2.21. The molecule has 0 aliphatic heterocycles. The Morgan fingerprint density at radius 2 is 2.17 bits per heavy atom. The van der Waals surface area contributed by atoms with Crippen LogP contribution in [0, 0.1) is 5.92 Å². The maximum Gasteiger partial charge on any atom is 0.236 e. The van der Waals surface area contributed by atoms with Gasteiger partial charge in [-0.3, -0.25) is 9.78 Å². The molecule has 18 heavy (non-hydrogen) atoms. The number of hydrogen-bond acceptors (Lipinski definition) is 3. The Hall–Kier alpha value is -1.42. The quantitative estimate of drug-likeness (QED) is 0.793. The fourth-order valence-electron chi connectivity index (χ4n) is 1.90. The second kappa shape index (κ2) is 6.50. The zero-order chi connectivity index (χ0) is 12.8. The van der Waals surface area contributed by atoms with Gasteiger partial charge in [-0.1, -0.05) is 0 Å². The van der Waals surface area contributed by atoms with Crippen molar-refractivity contribution in [3.8, 4) is 0 Å². The van der Waals surface area contributed by atoms with Crippen LogP contribution in [0.1, 0.15) is 25.3 Å². The van der Waals surface area contributed by atoms with E-state index < -0.39 is 0 Å². The van der Waals surface area contributed by atoms with Gasteiger partial charge in [0.2, 0.25) is 5.91 Å². The lowest BCUT2D eigenvalue weighted by molar-refractivity contribution is -0.130. The molecule has 0 atom stereocenters. The molecule has 1 heterocycles. The molecule has 1 fully saturated rings. The van der Waals surface area contributed by atoms with Crippen molar-refractivity contribution >= 4 is 5.91 Å². The van der Waals surface area contributed by atoms with Crippen molar-refractivity contribution in [3.63, 3.8) is 0 Å². The lowest BCUT2D eigenvalue weighted by Crippen LogP contribution is -2.38. The standard InChI is InChI=1S/C14H21N3O/c1-2-17(11-13-5-7-15-8-6-13)14(18)10-16-9-12-3-4-12/h5-8,12,16H,2-4,9-11H2,1H3. The molecule has 2 rings (SSSR count). The summed E-state index contributed by atoms with van der Waals surface area (Å²) >= 11 is 0. The molecule has 4 heteroatoms. The summed E-state index contributed by atoms with van der Waals surface area (Å²) in [6, 6.07) is 3.90. The van der Waals surface area contributed by atoms with Crippen LogP contribution >= 0.6 is 0 Å². The molecule has 0 aromatic carbocycles. The predicted octanol–water partition coefficient (Wildman–Crippen LogP) is 1.43. The SMILES string of the molecule is CCN(Cc1ccncc1)C(=O)CNCC1CC1. The lowest BCUT2D eigenvalue weighted by atomic mass is 10.2. The van der Waals surface area contributed by atoms with Crippen molar-refractivity contribution in [1.82, 2.24) is 15.2 Å². The van der Waals surface area contributed by atoms with Crippen LogP contribution in [0.2, 0.25) is 0 Å². The minimum absolute atomic E-state index is 0.176. The molecule has 1 N–H and O–H groups in total. The summed E-state index contributed by atoms with van der Waals surface area (Å²) in [7, 11) is 0. The Morgan fingerprint density at radius 1 is 1.44 bits per heavy atom. The Labute approximate surface area is 108 Å². The third-order valence-corrected chi connectivity index (χ3v) is 3.26. The number of hydrogen-bond donors (Lipinski definition) is 1. The van der Waals surface area contributed by atoms with E-state index in [1.165, 1.54) is 12.8 Å². The second-order valence-electron chi connectivity index (χ2n) is 4.84. The molecular formula is C14H21N3O. The summed E-state index contributed by atoms with van der Waals surface area (Å²) in [4.78, 5) is 17.9. The van der Waals surface area contributed by atoms with Crippen LogP contribution in [-0.4, -0.2) is 35.4 Å². The van der Waals surface area contributed by atoms with E-state index in [4.69, 9.17) is 0 Å². The van der Waals surface area contributed by atoms with Gasteiger partial charge in [0.05, 0.1) is 6.54 Å². The van der Waals surface area contributed by atoms with Gasteiger partial charge in [-0.15, -0.1) is 0 Å². The molecule has 1 aromatic rings. The van der Waals surface area contributed by atoms with Gasteiger partial charge in [0, 0.05) is 25.5 Å². The summed E-state index contributed by atoms with van der Waals surface area (Å²) in [6.45, 7) is 4.86. The minimum atomic E-state index is 0.176. The molecule has 1 aromatic heterocycles. The third-order valence-electron chi connectivity index (χ3n) is 3.26. The largest absolute Gasteiger partial charge is 0.338 e. The minimum Gasteiger partial charge on any atom is -0.338 e. The molecular weight excluding hydrogens is 226 g/mol. The summed E-state index contributed by atoms with van der Waals surface area (Å²) < 4.78 is 0. The summed E-state index contributed by atoms with van der Waals surface area (Å²) in [6.07, 6.45) is 6.16. The molecule has 1 aliphatic rings. The Morgan fingerprint density at radius 3 is 2.78 bits per heavy atom. The Bertz CT molecular complexity index is 376. The monoisotopic (exact) mass is 247 g/mol. The van der Waals surface area contributed by atoms with Crippen molar-refractivity contribution in [2.24, 2.45) is 5.92 Å². The van der Waals surface area contributed by atoms with E-state index in [1.54, 1.807) is 12.4 Å². The van der Waals surface area contributed by atoms with Crippen LogP contribution in [0.15, 0.2) is 24.5 Å². The lowest BCUT2D eigenvalue weighted by Gasteiger charge is -2.21. The van der Waals surface area contributed by atoms with E-state index in [9.17, 15) is 4.79 Å². The van der Waals surface area contributed by atoms with Gasteiger partial charge in [-0.2, -0.15) is 0 Å². The molecule has 0 bridgehead atoms. The van der Waals surface area contributed by atoms with Crippen LogP contribution < -0.4 is 5.32 Å². The zero-order valence-corrected chi connectivity index (χ0v) is 10.9. The number of amides is 1. The van der Waals surface area contributed by atoms with Gasteiger partial charge >= 0.3 is 0 Å². The number of pyridine rings is 1. The maximum atomic E-state index is 12.0. The van der Waals surface area contributed by atoms with Gasteiger partial charge in [0.25, 0.3) is 0 Å². The number of nitrogens with zero attached hydrogens (tertiary/aromatic N) is 2. The first kappa shape index (κ1) is 13.0. The molecule has 1 saturated carbocycles. The number of likely N-dealkylation sites (N-methyl/N-ethyl adjacent to an activating group) is 1. The van der Waals surface area contributed by atoms with Gasteiger partial charge in [0.1, 0.15) is 0 Å². The van der Waals surface area contributed by atoms with Crippen LogP contribution in [0.25, 0.3) is 0 Å². The number of aromatic nitrogens is 1. The first-order valence-electron chi connectivity index (χ1n) is 6.67. The molecule has 4 nitrogen and oxygen atoms in total. The third kappa shape index (κ3) is 4.11. The second-order valence-corrected chi connectivity index (χ2v) is 4.84. The summed E-state index contributed by atoms with van der Waals surface area (Å²) in [5.41, 5.74) is 1.13. The smallest absolute Gasteiger partial charge is 0.236 e. The predicted molar refractivity (Wildman–Crippen MR) is 70.9 cm³/mol. The van der Waals surface area contributed by atoms with Gasteiger partial charge in [-0.25, -0.2) is 0 Å². The van der Waals surface area contributed by atoms with Crippen LogP contribution in [0.5, 0.6) is 0 Å². The van der Waals surface area contributed by atoms with Crippen molar-refractivity contribution < 1.29 is 4.79 Å². The van der Waals surface area contributed by atoms with Crippen molar-refractivity contribution in [3.05, 3.63) is 30.1 Å². The molecule has 98 valence electrons. The van der Waals surface area contributed by atoms with E-state index in [1.807, 2.05) is 24.0 Å². The highest BCUT2D eigenvalue weighted by molar-refractivity contribution is 5.78. The van der Waals surface area contributed by atoms with Crippen molar-refractivity contribution in [1.29, 1.82) is 0 Å². The van der Waals surface area contributed by atoms with Crippen LogP contribution in [0.4, 0.5) is 0 Å². The fourth-order valence-corrected chi connectivity index (χ4v) is 1.90.